The topological polar surface area (TPSA) is 77.8 Å². The van der Waals surface area contributed by atoms with Gasteiger partial charge in [0.05, 0.1) is 0 Å². The summed E-state index contributed by atoms with van der Waals surface area (Å²) in [5.41, 5.74) is 4.15. The predicted molar refractivity (Wildman–Crippen MR) is 88.0 cm³/mol. The molecule has 1 aromatic carbocycles. The molecule has 0 fully saturated rings. The number of aromatic nitrogens is 4. The molecule has 4 heterocycles. The Hall–Kier alpha value is -3.54. The standard InChI is InChI=1S/C18H10N4O2/c1-4-11(17-21-15-13(23-17)6-2-8-19-15)10-12(5-1)18-22-16-14(24-18)7-3-9-20-16/h1-10H. The van der Waals surface area contributed by atoms with E-state index in [1.165, 1.54) is 0 Å². The SMILES string of the molecule is c1cc(-c2nc3ncccc3o2)cc(-c2nc3ncccc3o2)c1. The molecule has 0 unspecified atom stereocenters. The summed E-state index contributed by atoms with van der Waals surface area (Å²) in [6.45, 7) is 0. The molecule has 114 valence electrons. The maximum absolute atomic E-state index is 5.77. The van der Waals surface area contributed by atoms with Crippen molar-refractivity contribution in [2.75, 3.05) is 0 Å². The quantitative estimate of drug-likeness (QED) is 0.488. The van der Waals surface area contributed by atoms with Gasteiger partial charge < -0.3 is 8.83 Å². The minimum atomic E-state index is 0.514. The van der Waals surface area contributed by atoms with E-state index in [4.69, 9.17) is 8.83 Å². The molecule has 0 saturated carbocycles. The van der Waals surface area contributed by atoms with Crippen molar-refractivity contribution in [3.8, 4) is 22.9 Å². The zero-order valence-electron chi connectivity index (χ0n) is 12.4. The van der Waals surface area contributed by atoms with Gasteiger partial charge in [0, 0.05) is 23.5 Å². The lowest BCUT2D eigenvalue weighted by Gasteiger charge is -1.98. The molecule has 24 heavy (non-hydrogen) atoms. The van der Waals surface area contributed by atoms with Crippen LogP contribution in [0.25, 0.3) is 45.4 Å². The summed E-state index contributed by atoms with van der Waals surface area (Å²) in [4.78, 5) is 17.2. The Balaban J connectivity index is 1.62. The largest absolute Gasteiger partial charge is 0.434 e. The Morgan fingerprint density at radius 2 is 1.17 bits per heavy atom. The minimum Gasteiger partial charge on any atom is -0.434 e. The Kier molecular flexibility index (Phi) is 2.69. The van der Waals surface area contributed by atoms with Gasteiger partial charge in [0.2, 0.25) is 11.8 Å². The molecule has 0 spiro atoms. The van der Waals surface area contributed by atoms with Gasteiger partial charge in [-0.15, -0.1) is 0 Å². The van der Waals surface area contributed by atoms with Crippen LogP contribution in [0.5, 0.6) is 0 Å². The molecule has 6 nitrogen and oxygen atoms in total. The van der Waals surface area contributed by atoms with Gasteiger partial charge in [-0.1, -0.05) is 6.07 Å². The van der Waals surface area contributed by atoms with Crippen molar-refractivity contribution < 1.29 is 8.83 Å². The Bertz CT molecular complexity index is 1020. The average Bonchev–Trinajstić information content (AvgIpc) is 3.26. The molecule has 0 radical (unpaired) electrons. The zero-order valence-corrected chi connectivity index (χ0v) is 12.4. The summed E-state index contributed by atoms with van der Waals surface area (Å²) in [5, 5.41) is 0. The van der Waals surface area contributed by atoms with Gasteiger partial charge in [0.25, 0.3) is 0 Å². The summed E-state index contributed by atoms with van der Waals surface area (Å²) in [5.74, 6) is 1.03. The van der Waals surface area contributed by atoms with Gasteiger partial charge in [0.1, 0.15) is 0 Å². The first-order valence-corrected chi connectivity index (χ1v) is 7.41. The third-order valence-corrected chi connectivity index (χ3v) is 3.69. The lowest BCUT2D eigenvalue weighted by Crippen LogP contribution is -1.82. The predicted octanol–water partition coefficient (Wildman–Crippen LogP) is 4.09. The number of benzene rings is 1. The van der Waals surface area contributed by atoms with Crippen LogP contribution in [0.3, 0.4) is 0 Å². The number of oxazole rings is 2. The number of pyridine rings is 2. The minimum absolute atomic E-state index is 0.514. The summed E-state index contributed by atoms with van der Waals surface area (Å²) in [6, 6.07) is 15.0. The number of hydrogen-bond acceptors (Lipinski definition) is 6. The number of nitrogens with zero attached hydrogens (tertiary/aromatic N) is 4. The Morgan fingerprint density at radius 1 is 0.625 bits per heavy atom. The Labute approximate surface area is 135 Å². The van der Waals surface area contributed by atoms with Crippen LogP contribution in [-0.4, -0.2) is 19.9 Å². The normalized spacial score (nSPS) is 11.3. The first-order valence-electron chi connectivity index (χ1n) is 7.41. The van der Waals surface area contributed by atoms with Crippen LogP contribution in [0.4, 0.5) is 0 Å². The summed E-state index contributed by atoms with van der Waals surface area (Å²) in [7, 11) is 0. The summed E-state index contributed by atoms with van der Waals surface area (Å²) < 4.78 is 11.5. The fraction of sp³-hybridized carbons (Fsp3) is 0. The molecule has 5 rings (SSSR count). The van der Waals surface area contributed by atoms with Gasteiger partial charge in [-0.3, -0.25) is 0 Å². The molecule has 5 aromatic rings. The number of fused-ring (bicyclic) bond motifs is 2. The van der Waals surface area contributed by atoms with Crippen molar-refractivity contribution in [1.29, 1.82) is 0 Å². The van der Waals surface area contributed by atoms with E-state index >= 15 is 0 Å². The van der Waals surface area contributed by atoms with Crippen molar-refractivity contribution in [3.63, 3.8) is 0 Å². The lowest BCUT2D eigenvalue weighted by atomic mass is 10.1. The van der Waals surface area contributed by atoms with Crippen molar-refractivity contribution in [2.45, 2.75) is 0 Å². The van der Waals surface area contributed by atoms with E-state index in [0.717, 1.165) is 11.1 Å². The second-order valence-corrected chi connectivity index (χ2v) is 5.27. The van der Waals surface area contributed by atoms with Gasteiger partial charge in [-0.2, -0.15) is 9.97 Å². The summed E-state index contributed by atoms with van der Waals surface area (Å²) >= 11 is 0. The molecule has 0 atom stereocenters. The Morgan fingerprint density at radius 3 is 1.67 bits per heavy atom. The molecule has 0 aliphatic rings. The van der Waals surface area contributed by atoms with Crippen molar-refractivity contribution >= 4 is 22.5 Å². The van der Waals surface area contributed by atoms with Gasteiger partial charge in [-0.25, -0.2) is 9.97 Å². The first kappa shape index (κ1) is 13.0. The summed E-state index contributed by atoms with van der Waals surface area (Å²) in [6.07, 6.45) is 3.38. The van der Waals surface area contributed by atoms with E-state index in [9.17, 15) is 0 Å². The van der Waals surface area contributed by atoms with Crippen LogP contribution in [0.2, 0.25) is 0 Å². The lowest BCUT2D eigenvalue weighted by molar-refractivity contribution is 0.617. The molecule has 0 saturated heterocycles. The molecule has 0 N–H and O–H groups in total. The number of hydrogen-bond donors (Lipinski definition) is 0. The van der Waals surface area contributed by atoms with Crippen molar-refractivity contribution in [3.05, 3.63) is 60.9 Å². The fourth-order valence-electron chi connectivity index (χ4n) is 2.57. The fourth-order valence-corrected chi connectivity index (χ4v) is 2.57. The first-order chi connectivity index (χ1) is 11.9. The van der Waals surface area contributed by atoms with E-state index in [2.05, 4.69) is 19.9 Å². The van der Waals surface area contributed by atoms with Gasteiger partial charge in [0.15, 0.2) is 22.5 Å². The van der Waals surface area contributed by atoms with Crippen LogP contribution < -0.4 is 0 Å². The maximum Gasteiger partial charge on any atom is 0.228 e. The van der Waals surface area contributed by atoms with E-state index in [1.807, 2.05) is 48.5 Å². The third-order valence-electron chi connectivity index (χ3n) is 3.69. The highest BCUT2D eigenvalue weighted by molar-refractivity contribution is 5.75. The molecule has 0 amide bonds. The zero-order chi connectivity index (χ0) is 15.9. The van der Waals surface area contributed by atoms with E-state index in [-0.39, 0.29) is 0 Å². The monoisotopic (exact) mass is 314 g/mol. The van der Waals surface area contributed by atoms with Crippen LogP contribution in [0.15, 0.2) is 69.8 Å². The second-order valence-electron chi connectivity index (χ2n) is 5.27. The van der Waals surface area contributed by atoms with Crippen molar-refractivity contribution in [1.82, 2.24) is 19.9 Å². The smallest absolute Gasteiger partial charge is 0.228 e. The van der Waals surface area contributed by atoms with E-state index < -0.39 is 0 Å². The van der Waals surface area contributed by atoms with Gasteiger partial charge >= 0.3 is 0 Å². The molecule has 4 aromatic heterocycles. The van der Waals surface area contributed by atoms with Crippen LogP contribution in [0, 0.1) is 0 Å². The highest BCUT2D eigenvalue weighted by Gasteiger charge is 2.13. The molecule has 6 heteroatoms. The maximum atomic E-state index is 5.77. The number of rotatable bonds is 2. The van der Waals surface area contributed by atoms with Crippen LogP contribution in [-0.2, 0) is 0 Å². The van der Waals surface area contributed by atoms with Crippen LogP contribution in [0.1, 0.15) is 0 Å². The highest BCUT2D eigenvalue weighted by atomic mass is 16.4. The molecular weight excluding hydrogens is 304 g/mol. The van der Waals surface area contributed by atoms with Gasteiger partial charge in [-0.05, 0) is 42.5 Å². The molecule has 0 aliphatic heterocycles. The van der Waals surface area contributed by atoms with Crippen molar-refractivity contribution in [2.24, 2.45) is 0 Å². The van der Waals surface area contributed by atoms with E-state index in [1.54, 1.807) is 12.4 Å². The molecule has 0 bridgehead atoms. The van der Waals surface area contributed by atoms with Crippen LogP contribution >= 0.6 is 0 Å². The highest BCUT2D eigenvalue weighted by Crippen LogP contribution is 2.28. The van der Waals surface area contributed by atoms with E-state index in [0.29, 0.717) is 34.2 Å². The average molecular weight is 314 g/mol. The third kappa shape index (κ3) is 2.04. The second kappa shape index (κ2) is 4.99. The molecule has 0 aliphatic carbocycles. The molecular formula is C18H10N4O2.